The lowest BCUT2D eigenvalue weighted by Crippen LogP contribution is -2.19. The van der Waals surface area contributed by atoms with Gasteiger partial charge in [0.15, 0.2) is 5.13 Å². The Balaban J connectivity index is 1.61. The molecular weight excluding hydrogens is 298 g/mol. The van der Waals surface area contributed by atoms with Crippen LogP contribution in [0, 0.1) is 0 Å². The molecule has 0 aliphatic rings. The Kier molecular flexibility index (Phi) is 4.06. The monoisotopic (exact) mass is 311 g/mol. The molecule has 7 heteroatoms. The van der Waals surface area contributed by atoms with E-state index in [9.17, 15) is 4.79 Å². The van der Waals surface area contributed by atoms with Gasteiger partial charge < -0.3 is 5.73 Å². The van der Waals surface area contributed by atoms with E-state index in [-0.39, 0.29) is 12.3 Å². The minimum atomic E-state index is -0.191. The zero-order valence-electron chi connectivity index (χ0n) is 11.6. The molecule has 3 N–H and O–H groups in total. The quantitative estimate of drug-likeness (QED) is 0.569. The minimum absolute atomic E-state index is 0.191. The first-order valence-corrected chi connectivity index (χ1v) is 7.40. The fourth-order valence-corrected chi connectivity index (χ4v) is 2.74. The number of carbonyl (C=O) groups is 1. The number of rotatable bonds is 4. The molecule has 0 radical (unpaired) electrons. The van der Waals surface area contributed by atoms with Gasteiger partial charge in [0, 0.05) is 6.20 Å². The van der Waals surface area contributed by atoms with E-state index in [0.29, 0.717) is 10.8 Å². The molecule has 110 valence electrons. The Morgan fingerprint density at radius 1 is 1.36 bits per heavy atom. The van der Waals surface area contributed by atoms with Crippen molar-refractivity contribution in [2.45, 2.75) is 6.42 Å². The van der Waals surface area contributed by atoms with Gasteiger partial charge >= 0.3 is 0 Å². The summed E-state index contributed by atoms with van der Waals surface area (Å²) in [5.74, 6) is -0.191. The van der Waals surface area contributed by atoms with E-state index in [1.54, 1.807) is 12.3 Å². The molecule has 0 unspecified atom stereocenters. The Morgan fingerprint density at radius 2 is 2.27 bits per heavy atom. The highest BCUT2D eigenvalue weighted by molar-refractivity contribution is 7.22. The lowest BCUT2D eigenvalue weighted by molar-refractivity contribution is -0.120. The topological polar surface area (TPSA) is 93.3 Å². The summed E-state index contributed by atoms with van der Waals surface area (Å²) >= 11 is 1.41. The molecule has 0 saturated carbocycles. The van der Waals surface area contributed by atoms with Gasteiger partial charge in [0.2, 0.25) is 5.91 Å². The van der Waals surface area contributed by atoms with Crippen LogP contribution in [-0.2, 0) is 11.2 Å². The second kappa shape index (κ2) is 6.31. The molecule has 0 fully saturated rings. The number of pyridine rings is 1. The first kappa shape index (κ1) is 14.2. The van der Waals surface area contributed by atoms with Crippen LogP contribution in [0.15, 0.2) is 47.7 Å². The highest BCUT2D eigenvalue weighted by Gasteiger charge is 2.06. The summed E-state index contributed by atoms with van der Waals surface area (Å²) in [5, 5.41) is 4.41. The van der Waals surface area contributed by atoms with Crippen molar-refractivity contribution >= 4 is 38.8 Å². The predicted molar refractivity (Wildman–Crippen MR) is 87.7 cm³/mol. The van der Waals surface area contributed by atoms with Crippen LogP contribution in [-0.4, -0.2) is 22.1 Å². The molecular formula is C15H13N5OS. The van der Waals surface area contributed by atoms with Gasteiger partial charge in [-0.05, 0) is 29.8 Å². The van der Waals surface area contributed by atoms with E-state index >= 15 is 0 Å². The Bertz CT molecular complexity index is 828. The first-order valence-electron chi connectivity index (χ1n) is 6.58. The lowest BCUT2D eigenvalue weighted by atomic mass is 10.1. The molecule has 0 bridgehead atoms. The molecule has 0 aliphatic heterocycles. The standard InChI is InChI=1S/C15H13N5OS/c16-15-19-12-5-4-10(7-13(12)22-15)8-14(21)20-18-9-11-3-1-2-6-17-11/h1-7,9H,8H2,(H2,16,19)(H,20,21)/b18-9-. The Hall–Kier alpha value is -2.80. The van der Waals surface area contributed by atoms with Crippen LogP contribution in [0.1, 0.15) is 11.3 Å². The molecule has 1 amide bonds. The number of hydrazone groups is 1. The molecule has 0 spiro atoms. The van der Waals surface area contributed by atoms with Crippen LogP contribution < -0.4 is 11.2 Å². The van der Waals surface area contributed by atoms with Gasteiger partial charge in [-0.25, -0.2) is 10.4 Å². The number of carbonyl (C=O) groups excluding carboxylic acids is 1. The van der Waals surface area contributed by atoms with Crippen molar-refractivity contribution < 1.29 is 4.79 Å². The lowest BCUT2D eigenvalue weighted by Gasteiger charge is -2.00. The number of thiazole rings is 1. The number of nitrogens with zero attached hydrogens (tertiary/aromatic N) is 3. The van der Waals surface area contributed by atoms with E-state index in [2.05, 4.69) is 20.5 Å². The van der Waals surface area contributed by atoms with E-state index in [1.807, 2.05) is 30.3 Å². The van der Waals surface area contributed by atoms with Crippen LogP contribution in [0.4, 0.5) is 5.13 Å². The third kappa shape index (κ3) is 3.44. The highest BCUT2D eigenvalue weighted by Crippen LogP contribution is 2.24. The highest BCUT2D eigenvalue weighted by atomic mass is 32.1. The van der Waals surface area contributed by atoms with Gasteiger partial charge in [0.1, 0.15) is 0 Å². The summed E-state index contributed by atoms with van der Waals surface area (Å²) in [7, 11) is 0. The van der Waals surface area contributed by atoms with Crippen LogP contribution in [0.3, 0.4) is 0 Å². The molecule has 3 rings (SSSR count). The van der Waals surface area contributed by atoms with Crippen LogP contribution in [0.2, 0.25) is 0 Å². The number of aromatic nitrogens is 2. The van der Waals surface area contributed by atoms with E-state index in [1.165, 1.54) is 17.6 Å². The van der Waals surface area contributed by atoms with Crippen molar-refractivity contribution in [1.82, 2.24) is 15.4 Å². The van der Waals surface area contributed by atoms with Crippen molar-refractivity contribution in [1.29, 1.82) is 0 Å². The molecule has 0 atom stereocenters. The molecule has 3 aromatic rings. The molecule has 2 aromatic heterocycles. The Labute approximate surface area is 130 Å². The number of hydrogen-bond donors (Lipinski definition) is 2. The maximum atomic E-state index is 11.9. The van der Waals surface area contributed by atoms with Crippen molar-refractivity contribution in [2.75, 3.05) is 5.73 Å². The summed E-state index contributed by atoms with van der Waals surface area (Å²) in [6.07, 6.45) is 3.41. The second-order valence-corrected chi connectivity index (χ2v) is 5.64. The minimum Gasteiger partial charge on any atom is -0.375 e. The van der Waals surface area contributed by atoms with E-state index in [4.69, 9.17) is 5.73 Å². The van der Waals surface area contributed by atoms with Gasteiger partial charge in [0.05, 0.1) is 28.5 Å². The van der Waals surface area contributed by atoms with Crippen LogP contribution >= 0.6 is 11.3 Å². The third-order valence-corrected chi connectivity index (χ3v) is 3.76. The number of benzene rings is 1. The summed E-state index contributed by atoms with van der Waals surface area (Å²) < 4.78 is 0.972. The molecule has 2 heterocycles. The third-order valence-electron chi connectivity index (χ3n) is 2.91. The maximum absolute atomic E-state index is 11.9. The summed E-state index contributed by atoms with van der Waals surface area (Å²) in [6.45, 7) is 0. The van der Waals surface area contributed by atoms with Crippen molar-refractivity contribution in [3.05, 3.63) is 53.9 Å². The van der Waals surface area contributed by atoms with E-state index < -0.39 is 0 Å². The fraction of sp³-hybridized carbons (Fsp3) is 0.0667. The summed E-state index contributed by atoms with van der Waals surface area (Å²) in [4.78, 5) is 20.1. The molecule has 22 heavy (non-hydrogen) atoms. The number of nitrogens with one attached hydrogen (secondary N) is 1. The van der Waals surface area contributed by atoms with Crippen molar-refractivity contribution in [3.8, 4) is 0 Å². The Morgan fingerprint density at radius 3 is 3.09 bits per heavy atom. The van der Waals surface area contributed by atoms with Gasteiger partial charge in [0.25, 0.3) is 0 Å². The number of amides is 1. The van der Waals surface area contributed by atoms with Gasteiger partial charge in [-0.1, -0.05) is 23.5 Å². The zero-order chi connectivity index (χ0) is 15.4. The number of nitrogens with two attached hydrogens (primary N) is 1. The smallest absolute Gasteiger partial charge is 0.244 e. The van der Waals surface area contributed by atoms with Crippen LogP contribution in [0.5, 0.6) is 0 Å². The normalized spacial score (nSPS) is 11.1. The molecule has 0 saturated heterocycles. The average Bonchev–Trinajstić information content (AvgIpc) is 2.87. The summed E-state index contributed by atoms with van der Waals surface area (Å²) in [6, 6.07) is 11.1. The number of nitrogen functional groups attached to an aromatic ring is 1. The number of hydrogen-bond acceptors (Lipinski definition) is 6. The SMILES string of the molecule is Nc1nc2ccc(CC(=O)N/N=C\c3ccccn3)cc2s1. The number of anilines is 1. The van der Waals surface area contributed by atoms with Crippen molar-refractivity contribution in [2.24, 2.45) is 5.10 Å². The number of fused-ring (bicyclic) bond motifs is 1. The van der Waals surface area contributed by atoms with Gasteiger partial charge in [-0.3, -0.25) is 9.78 Å². The fourth-order valence-electron chi connectivity index (χ4n) is 1.94. The zero-order valence-corrected chi connectivity index (χ0v) is 12.4. The van der Waals surface area contributed by atoms with Crippen LogP contribution in [0.25, 0.3) is 10.2 Å². The molecule has 6 nitrogen and oxygen atoms in total. The average molecular weight is 311 g/mol. The summed E-state index contributed by atoms with van der Waals surface area (Å²) in [5.41, 5.74) is 10.6. The maximum Gasteiger partial charge on any atom is 0.244 e. The van der Waals surface area contributed by atoms with E-state index in [0.717, 1.165) is 15.8 Å². The predicted octanol–water partition coefficient (Wildman–Crippen LogP) is 1.97. The molecule has 0 aliphatic carbocycles. The van der Waals surface area contributed by atoms with Crippen molar-refractivity contribution in [3.63, 3.8) is 0 Å². The first-order chi connectivity index (χ1) is 10.7. The second-order valence-electron chi connectivity index (χ2n) is 4.58. The van der Waals surface area contributed by atoms with Gasteiger partial charge in [-0.2, -0.15) is 5.10 Å². The van der Waals surface area contributed by atoms with Gasteiger partial charge in [-0.15, -0.1) is 0 Å². The molecule has 1 aromatic carbocycles. The largest absolute Gasteiger partial charge is 0.375 e.